The SMILES string of the molecule is Cc1ccc(N2CCC=C(CCC(F)(F)F)CC2)nc1. The van der Waals surface area contributed by atoms with Gasteiger partial charge in [-0.25, -0.2) is 4.98 Å². The maximum Gasteiger partial charge on any atom is 0.389 e. The van der Waals surface area contributed by atoms with Gasteiger partial charge in [0.15, 0.2) is 0 Å². The van der Waals surface area contributed by atoms with Crippen LogP contribution in [-0.2, 0) is 0 Å². The number of hydrogen-bond donors (Lipinski definition) is 0. The van der Waals surface area contributed by atoms with Gasteiger partial charge in [0, 0.05) is 25.7 Å². The molecule has 0 saturated carbocycles. The minimum atomic E-state index is -4.06. The fraction of sp³-hybridized carbons (Fsp3) is 0.533. The molecule has 1 aromatic heterocycles. The molecule has 0 N–H and O–H groups in total. The number of nitrogens with zero attached hydrogens (tertiary/aromatic N) is 2. The minimum absolute atomic E-state index is 0.124. The molecule has 2 rings (SSSR count). The van der Waals surface area contributed by atoms with Gasteiger partial charge in [-0.05, 0) is 37.8 Å². The zero-order valence-corrected chi connectivity index (χ0v) is 11.6. The second-order valence-electron chi connectivity index (χ2n) is 5.20. The van der Waals surface area contributed by atoms with E-state index in [-0.39, 0.29) is 6.42 Å². The average molecular weight is 284 g/mol. The van der Waals surface area contributed by atoms with Crippen molar-refractivity contribution in [2.24, 2.45) is 0 Å². The van der Waals surface area contributed by atoms with Gasteiger partial charge in [-0.15, -0.1) is 0 Å². The Balaban J connectivity index is 1.90. The summed E-state index contributed by atoms with van der Waals surface area (Å²) in [5.74, 6) is 0.904. The lowest BCUT2D eigenvalue weighted by Gasteiger charge is -2.21. The summed E-state index contributed by atoms with van der Waals surface area (Å²) >= 11 is 0. The first kappa shape index (κ1) is 14.9. The molecule has 2 nitrogen and oxygen atoms in total. The molecule has 0 aliphatic carbocycles. The molecular formula is C15H19F3N2. The van der Waals surface area contributed by atoms with Crippen LogP contribution in [0.25, 0.3) is 0 Å². The van der Waals surface area contributed by atoms with E-state index in [1.165, 1.54) is 0 Å². The lowest BCUT2D eigenvalue weighted by Crippen LogP contribution is -2.25. The molecular weight excluding hydrogens is 265 g/mol. The van der Waals surface area contributed by atoms with E-state index in [2.05, 4.69) is 9.88 Å². The summed E-state index contributed by atoms with van der Waals surface area (Å²) in [6, 6.07) is 3.97. The number of pyridine rings is 1. The second-order valence-corrected chi connectivity index (χ2v) is 5.20. The second kappa shape index (κ2) is 6.29. The van der Waals surface area contributed by atoms with Crippen molar-refractivity contribution in [2.75, 3.05) is 18.0 Å². The summed E-state index contributed by atoms with van der Waals surface area (Å²) in [7, 11) is 0. The predicted molar refractivity (Wildman–Crippen MR) is 73.8 cm³/mol. The predicted octanol–water partition coefficient (Wildman–Crippen LogP) is 4.26. The van der Waals surface area contributed by atoms with Crippen LogP contribution in [-0.4, -0.2) is 24.2 Å². The fourth-order valence-corrected chi connectivity index (χ4v) is 2.32. The Kier molecular flexibility index (Phi) is 4.68. The fourth-order valence-electron chi connectivity index (χ4n) is 2.32. The Hall–Kier alpha value is -1.52. The molecule has 0 atom stereocenters. The summed E-state index contributed by atoms with van der Waals surface area (Å²) in [6.45, 7) is 3.53. The molecule has 2 heterocycles. The van der Waals surface area contributed by atoms with Gasteiger partial charge in [0.25, 0.3) is 0 Å². The highest BCUT2D eigenvalue weighted by Gasteiger charge is 2.27. The normalized spacial score (nSPS) is 16.8. The van der Waals surface area contributed by atoms with E-state index in [1.807, 2.05) is 31.3 Å². The van der Waals surface area contributed by atoms with E-state index in [9.17, 15) is 13.2 Å². The summed E-state index contributed by atoms with van der Waals surface area (Å²) in [5.41, 5.74) is 2.02. The Bertz CT molecular complexity index is 463. The number of rotatable bonds is 3. The van der Waals surface area contributed by atoms with Gasteiger partial charge in [0.05, 0.1) is 0 Å². The van der Waals surface area contributed by atoms with E-state index in [0.717, 1.165) is 36.5 Å². The number of halogens is 3. The third-order valence-corrected chi connectivity index (χ3v) is 3.48. The molecule has 0 unspecified atom stereocenters. The van der Waals surface area contributed by atoms with E-state index < -0.39 is 12.6 Å². The molecule has 1 aliphatic heterocycles. The van der Waals surface area contributed by atoms with Gasteiger partial charge in [-0.1, -0.05) is 17.7 Å². The van der Waals surface area contributed by atoms with Crippen LogP contribution in [0.15, 0.2) is 30.0 Å². The zero-order chi connectivity index (χ0) is 14.6. The summed E-state index contributed by atoms with van der Waals surface area (Å²) < 4.78 is 36.7. The van der Waals surface area contributed by atoms with Crippen molar-refractivity contribution in [1.82, 2.24) is 4.98 Å². The first-order valence-electron chi connectivity index (χ1n) is 6.86. The van der Waals surface area contributed by atoms with Gasteiger partial charge < -0.3 is 4.90 Å². The van der Waals surface area contributed by atoms with Crippen LogP contribution in [0.1, 0.15) is 31.2 Å². The van der Waals surface area contributed by atoms with Crippen molar-refractivity contribution in [3.05, 3.63) is 35.5 Å². The number of anilines is 1. The molecule has 1 aliphatic rings. The first-order chi connectivity index (χ1) is 9.44. The van der Waals surface area contributed by atoms with Crippen molar-refractivity contribution in [1.29, 1.82) is 0 Å². The quantitative estimate of drug-likeness (QED) is 0.771. The molecule has 0 fully saturated rings. The first-order valence-corrected chi connectivity index (χ1v) is 6.86. The standard InChI is InChI=1S/C15H19F3N2/c1-12-4-5-14(19-11-12)20-9-2-3-13(7-10-20)6-8-15(16,17)18/h3-5,11H,2,6-10H2,1H3. The van der Waals surface area contributed by atoms with Crippen molar-refractivity contribution in [2.45, 2.75) is 38.8 Å². The molecule has 0 spiro atoms. The van der Waals surface area contributed by atoms with Gasteiger partial charge in [0.1, 0.15) is 5.82 Å². The Morgan fingerprint density at radius 2 is 2.05 bits per heavy atom. The van der Waals surface area contributed by atoms with E-state index in [1.54, 1.807) is 0 Å². The molecule has 0 saturated heterocycles. The van der Waals surface area contributed by atoms with E-state index in [4.69, 9.17) is 0 Å². The van der Waals surface area contributed by atoms with Crippen LogP contribution in [0.2, 0.25) is 0 Å². The summed E-state index contributed by atoms with van der Waals surface area (Å²) in [4.78, 5) is 6.51. The number of alkyl halides is 3. The van der Waals surface area contributed by atoms with Crippen LogP contribution < -0.4 is 4.90 Å². The minimum Gasteiger partial charge on any atom is -0.356 e. The molecule has 0 bridgehead atoms. The maximum atomic E-state index is 12.2. The molecule has 0 radical (unpaired) electrons. The molecule has 0 amide bonds. The van der Waals surface area contributed by atoms with Gasteiger partial charge in [-0.3, -0.25) is 0 Å². The number of hydrogen-bond acceptors (Lipinski definition) is 2. The monoisotopic (exact) mass is 284 g/mol. The lowest BCUT2D eigenvalue weighted by molar-refractivity contribution is -0.134. The van der Waals surface area contributed by atoms with Gasteiger partial charge in [0.2, 0.25) is 0 Å². The number of aryl methyl sites for hydroxylation is 1. The molecule has 20 heavy (non-hydrogen) atoms. The molecule has 1 aromatic rings. The van der Waals surface area contributed by atoms with Crippen molar-refractivity contribution < 1.29 is 13.2 Å². The van der Waals surface area contributed by atoms with Crippen molar-refractivity contribution in [3.63, 3.8) is 0 Å². The summed E-state index contributed by atoms with van der Waals surface area (Å²) in [6.07, 6.45) is 0.582. The van der Waals surface area contributed by atoms with Crippen LogP contribution in [0.4, 0.5) is 19.0 Å². The van der Waals surface area contributed by atoms with Gasteiger partial charge in [-0.2, -0.15) is 13.2 Å². The highest BCUT2D eigenvalue weighted by molar-refractivity contribution is 5.40. The van der Waals surface area contributed by atoms with Crippen molar-refractivity contribution >= 4 is 5.82 Å². The van der Waals surface area contributed by atoms with Gasteiger partial charge >= 0.3 is 6.18 Å². The lowest BCUT2D eigenvalue weighted by atomic mass is 10.1. The smallest absolute Gasteiger partial charge is 0.356 e. The third kappa shape index (κ3) is 4.54. The Labute approximate surface area is 117 Å². The van der Waals surface area contributed by atoms with Crippen molar-refractivity contribution in [3.8, 4) is 0 Å². The largest absolute Gasteiger partial charge is 0.389 e. The summed E-state index contributed by atoms with van der Waals surface area (Å²) in [5, 5.41) is 0. The number of aromatic nitrogens is 1. The Morgan fingerprint density at radius 3 is 2.70 bits per heavy atom. The zero-order valence-electron chi connectivity index (χ0n) is 11.6. The van der Waals surface area contributed by atoms with Crippen LogP contribution in [0.3, 0.4) is 0 Å². The maximum absolute atomic E-state index is 12.2. The molecule has 5 heteroatoms. The molecule has 110 valence electrons. The topological polar surface area (TPSA) is 16.1 Å². The Morgan fingerprint density at radius 1 is 1.25 bits per heavy atom. The highest BCUT2D eigenvalue weighted by Crippen LogP contribution is 2.27. The van der Waals surface area contributed by atoms with E-state index >= 15 is 0 Å². The van der Waals surface area contributed by atoms with Crippen LogP contribution >= 0.6 is 0 Å². The average Bonchev–Trinajstić information content (AvgIpc) is 2.62. The van der Waals surface area contributed by atoms with Crippen LogP contribution in [0.5, 0.6) is 0 Å². The molecule has 0 aromatic carbocycles. The highest BCUT2D eigenvalue weighted by atomic mass is 19.4. The van der Waals surface area contributed by atoms with E-state index in [0.29, 0.717) is 6.42 Å². The third-order valence-electron chi connectivity index (χ3n) is 3.48. The van der Waals surface area contributed by atoms with Crippen LogP contribution in [0, 0.1) is 6.92 Å².